The van der Waals surface area contributed by atoms with Gasteiger partial charge in [0.2, 0.25) is 0 Å². The maximum atomic E-state index is 4.26. The summed E-state index contributed by atoms with van der Waals surface area (Å²) in [5.41, 5.74) is 0. The van der Waals surface area contributed by atoms with Crippen LogP contribution in [0.1, 0.15) is 16.7 Å². The van der Waals surface area contributed by atoms with Crippen LogP contribution < -0.4 is 5.32 Å². The van der Waals surface area contributed by atoms with Gasteiger partial charge >= 0.3 is 0 Å². The second-order valence-electron chi connectivity index (χ2n) is 3.98. The number of nitrogens with zero attached hydrogens (tertiary/aromatic N) is 1. The lowest BCUT2D eigenvalue weighted by molar-refractivity contribution is 0.794. The molecule has 0 bridgehead atoms. The predicted molar refractivity (Wildman–Crippen MR) is 70.1 cm³/mol. The van der Waals surface area contributed by atoms with Gasteiger partial charge in [0.15, 0.2) is 0 Å². The number of aromatic nitrogens is 1. The van der Waals surface area contributed by atoms with E-state index in [1.807, 2.05) is 35.7 Å². The topological polar surface area (TPSA) is 24.9 Å². The highest BCUT2D eigenvalue weighted by Crippen LogP contribution is 2.17. The van der Waals surface area contributed by atoms with E-state index in [0.29, 0.717) is 6.04 Å². The molecule has 0 aliphatic carbocycles. The van der Waals surface area contributed by atoms with Crippen LogP contribution in [-0.2, 0) is 6.42 Å². The zero-order valence-corrected chi connectivity index (χ0v) is 10.4. The summed E-state index contributed by atoms with van der Waals surface area (Å²) in [5.74, 6) is 0.947. The van der Waals surface area contributed by atoms with Crippen LogP contribution in [0.3, 0.4) is 0 Å². The summed E-state index contributed by atoms with van der Waals surface area (Å²) in [7, 11) is 0. The Kier molecular flexibility index (Phi) is 3.57. The van der Waals surface area contributed by atoms with Crippen LogP contribution in [0.2, 0.25) is 0 Å². The van der Waals surface area contributed by atoms with Crippen molar-refractivity contribution >= 4 is 17.2 Å². The SMILES string of the molecule is Cc1ccc(CC(C)Nc2ccccn2)s1. The standard InChI is InChI=1S/C13H16N2S/c1-10(9-12-7-6-11(2)16-12)15-13-5-3-4-8-14-13/h3-8,10H,9H2,1-2H3,(H,14,15). The molecule has 2 aromatic rings. The number of anilines is 1. The van der Waals surface area contributed by atoms with Gasteiger partial charge < -0.3 is 5.32 Å². The van der Waals surface area contributed by atoms with Crippen molar-refractivity contribution in [2.45, 2.75) is 26.3 Å². The van der Waals surface area contributed by atoms with Crippen LogP contribution >= 0.6 is 11.3 Å². The largest absolute Gasteiger partial charge is 0.367 e. The zero-order valence-electron chi connectivity index (χ0n) is 9.60. The summed E-state index contributed by atoms with van der Waals surface area (Å²) in [6, 6.07) is 10.7. The first-order chi connectivity index (χ1) is 7.74. The lowest BCUT2D eigenvalue weighted by Crippen LogP contribution is -2.18. The van der Waals surface area contributed by atoms with E-state index in [-0.39, 0.29) is 0 Å². The molecular formula is C13H16N2S. The molecule has 16 heavy (non-hydrogen) atoms. The average molecular weight is 232 g/mol. The second kappa shape index (κ2) is 5.12. The molecule has 0 saturated carbocycles. The second-order valence-corrected chi connectivity index (χ2v) is 5.35. The van der Waals surface area contributed by atoms with Crippen molar-refractivity contribution in [2.24, 2.45) is 0 Å². The third-order valence-corrected chi connectivity index (χ3v) is 3.39. The van der Waals surface area contributed by atoms with Crippen LogP contribution in [0.5, 0.6) is 0 Å². The molecule has 0 aliphatic rings. The Labute approximate surface area is 100 Å². The molecule has 0 fully saturated rings. The summed E-state index contributed by atoms with van der Waals surface area (Å²) in [6.45, 7) is 4.33. The van der Waals surface area contributed by atoms with Crippen molar-refractivity contribution in [1.29, 1.82) is 0 Å². The molecule has 2 rings (SSSR count). The normalized spacial score (nSPS) is 12.4. The number of nitrogens with one attached hydrogen (secondary N) is 1. The predicted octanol–water partition coefficient (Wildman–Crippen LogP) is 3.49. The summed E-state index contributed by atoms with van der Waals surface area (Å²) in [4.78, 5) is 7.06. The number of pyridine rings is 1. The summed E-state index contributed by atoms with van der Waals surface area (Å²) in [6.07, 6.45) is 2.86. The third kappa shape index (κ3) is 3.07. The number of aryl methyl sites for hydroxylation is 1. The van der Waals surface area contributed by atoms with Crippen molar-refractivity contribution in [3.63, 3.8) is 0 Å². The fourth-order valence-corrected chi connectivity index (χ4v) is 2.67. The highest BCUT2D eigenvalue weighted by Gasteiger charge is 2.05. The smallest absolute Gasteiger partial charge is 0.126 e. The van der Waals surface area contributed by atoms with Gasteiger partial charge in [-0.15, -0.1) is 11.3 Å². The Morgan fingerprint density at radius 1 is 1.31 bits per heavy atom. The van der Waals surface area contributed by atoms with Crippen molar-refractivity contribution in [3.8, 4) is 0 Å². The first-order valence-electron chi connectivity index (χ1n) is 5.47. The molecule has 1 unspecified atom stereocenters. The van der Waals surface area contributed by atoms with Crippen molar-refractivity contribution < 1.29 is 0 Å². The van der Waals surface area contributed by atoms with Gasteiger partial charge in [-0.2, -0.15) is 0 Å². The van der Waals surface area contributed by atoms with Crippen LogP contribution in [0, 0.1) is 6.92 Å². The van der Waals surface area contributed by atoms with E-state index < -0.39 is 0 Å². The third-order valence-electron chi connectivity index (χ3n) is 2.36. The van der Waals surface area contributed by atoms with Gasteiger partial charge in [0.25, 0.3) is 0 Å². The molecule has 0 aliphatic heterocycles. The van der Waals surface area contributed by atoms with Gasteiger partial charge in [-0.05, 0) is 38.1 Å². The van der Waals surface area contributed by atoms with Crippen molar-refractivity contribution in [1.82, 2.24) is 4.98 Å². The van der Waals surface area contributed by atoms with Gasteiger partial charge in [0.05, 0.1) is 0 Å². The lowest BCUT2D eigenvalue weighted by atomic mass is 10.2. The number of thiophene rings is 1. The highest BCUT2D eigenvalue weighted by atomic mass is 32.1. The maximum Gasteiger partial charge on any atom is 0.126 e. The Balaban J connectivity index is 1.92. The van der Waals surface area contributed by atoms with Crippen LogP contribution in [0.25, 0.3) is 0 Å². The molecule has 84 valence electrons. The lowest BCUT2D eigenvalue weighted by Gasteiger charge is -2.13. The fraction of sp³-hybridized carbons (Fsp3) is 0.308. The Morgan fingerprint density at radius 2 is 2.19 bits per heavy atom. The minimum atomic E-state index is 0.410. The molecule has 2 nitrogen and oxygen atoms in total. The van der Waals surface area contributed by atoms with Gasteiger partial charge in [0, 0.05) is 28.4 Å². The maximum absolute atomic E-state index is 4.26. The molecular weight excluding hydrogens is 216 g/mol. The van der Waals surface area contributed by atoms with Crippen LogP contribution in [0.4, 0.5) is 5.82 Å². The van der Waals surface area contributed by atoms with E-state index in [9.17, 15) is 0 Å². The molecule has 0 amide bonds. The van der Waals surface area contributed by atoms with Crippen molar-refractivity contribution in [2.75, 3.05) is 5.32 Å². The van der Waals surface area contributed by atoms with Crippen molar-refractivity contribution in [3.05, 3.63) is 46.3 Å². The first-order valence-corrected chi connectivity index (χ1v) is 6.28. The van der Waals surface area contributed by atoms with Gasteiger partial charge in [-0.25, -0.2) is 4.98 Å². The highest BCUT2D eigenvalue weighted by molar-refractivity contribution is 7.11. The van der Waals surface area contributed by atoms with E-state index in [4.69, 9.17) is 0 Å². The number of hydrogen-bond acceptors (Lipinski definition) is 3. The van der Waals surface area contributed by atoms with Crippen LogP contribution in [0.15, 0.2) is 36.5 Å². The summed E-state index contributed by atoms with van der Waals surface area (Å²) >= 11 is 1.87. The Morgan fingerprint density at radius 3 is 2.81 bits per heavy atom. The van der Waals surface area contributed by atoms with Gasteiger partial charge in [-0.3, -0.25) is 0 Å². The average Bonchev–Trinajstić information content (AvgIpc) is 2.65. The molecule has 0 saturated heterocycles. The molecule has 1 atom stereocenters. The number of hydrogen-bond donors (Lipinski definition) is 1. The van der Waals surface area contributed by atoms with Gasteiger partial charge in [-0.1, -0.05) is 6.07 Å². The minimum absolute atomic E-state index is 0.410. The zero-order chi connectivity index (χ0) is 11.4. The Bertz CT molecular complexity index is 436. The summed E-state index contributed by atoms with van der Waals surface area (Å²) < 4.78 is 0. The van der Waals surface area contributed by atoms with Crippen LogP contribution in [-0.4, -0.2) is 11.0 Å². The quantitative estimate of drug-likeness (QED) is 0.872. The van der Waals surface area contributed by atoms with E-state index in [1.165, 1.54) is 9.75 Å². The summed E-state index contributed by atoms with van der Waals surface area (Å²) in [5, 5.41) is 3.40. The molecule has 2 aromatic heterocycles. The van der Waals surface area contributed by atoms with E-state index >= 15 is 0 Å². The van der Waals surface area contributed by atoms with E-state index in [2.05, 4.69) is 36.3 Å². The monoisotopic (exact) mass is 232 g/mol. The molecule has 3 heteroatoms. The minimum Gasteiger partial charge on any atom is -0.367 e. The molecule has 0 aromatic carbocycles. The fourth-order valence-electron chi connectivity index (χ4n) is 1.65. The first kappa shape index (κ1) is 11.1. The number of rotatable bonds is 4. The molecule has 1 N–H and O–H groups in total. The molecule has 0 radical (unpaired) electrons. The van der Waals surface area contributed by atoms with E-state index in [1.54, 1.807) is 0 Å². The Hall–Kier alpha value is -1.35. The molecule has 0 spiro atoms. The molecule has 2 heterocycles. The van der Waals surface area contributed by atoms with E-state index in [0.717, 1.165) is 12.2 Å². The van der Waals surface area contributed by atoms with Gasteiger partial charge in [0.1, 0.15) is 5.82 Å².